The van der Waals surface area contributed by atoms with Gasteiger partial charge in [0.25, 0.3) is 29.8 Å². The van der Waals surface area contributed by atoms with Crippen molar-refractivity contribution in [1.82, 2.24) is 30.9 Å². The molecule has 0 saturated carbocycles. The molecule has 544 valence electrons. The molecule has 7 rings (SSSR count). The van der Waals surface area contributed by atoms with E-state index in [-0.39, 0.29) is 109 Å². The molecule has 0 bridgehead atoms. The Morgan fingerprint density at radius 3 is 1.58 bits per heavy atom. The summed E-state index contributed by atoms with van der Waals surface area (Å²) in [6, 6.07) is 15.3. The van der Waals surface area contributed by atoms with E-state index in [1.165, 1.54) is 65.7 Å². The van der Waals surface area contributed by atoms with Crippen molar-refractivity contribution in [3.05, 3.63) is 137 Å². The average molecular weight is 1420 g/mol. The van der Waals surface area contributed by atoms with Crippen LogP contribution in [-0.4, -0.2) is 203 Å². The van der Waals surface area contributed by atoms with E-state index < -0.39 is 64.3 Å². The summed E-state index contributed by atoms with van der Waals surface area (Å²) >= 11 is 0. The number of benzene rings is 4. The van der Waals surface area contributed by atoms with Gasteiger partial charge in [0.15, 0.2) is 24.6 Å². The van der Waals surface area contributed by atoms with Crippen LogP contribution < -0.4 is 32.3 Å². The molecule has 1 heterocycles. The van der Waals surface area contributed by atoms with Crippen molar-refractivity contribution < 1.29 is 94.1 Å². The first-order valence-electron chi connectivity index (χ1n) is 29.9. The fraction of sp³-hybridized carbons (Fsp3) is 0.400. The van der Waals surface area contributed by atoms with Crippen LogP contribution in [0, 0.1) is 21.6 Å². The molecular weight excluding hydrogens is 1330 g/mol. The Labute approximate surface area is 576 Å². The number of aromatic hydroxyl groups is 3. The van der Waals surface area contributed by atoms with Gasteiger partial charge in [0.2, 0.25) is 5.91 Å². The van der Waals surface area contributed by atoms with Crippen molar-refractivity contribution in [2.45, 2.75) is 83.7 Å². The highest BCUT2D eigenvalue weighted by atomic mass is 32.2. The molecule has 2 aliphatic carbocycles. The maximum absolute atomic E-state index is 12.9. The number of ether oxygens (including phenoxy) is 6. The van der Waals surface area contributed by atoms with Gasteiger partial charge in [-0.3, -0.25) is 45.1 Å². The van der Waals surface area contributed by atoms with E-state index in [9.17, 15) is 47.6 Å². The highest BCUT2D eigenvalue weighted by Crippen LogP contribution is 2.41. The molecule has 34 heteroatoms. The number of phenolic OH excluding ortho intramolecular Hbond substituents is 3. The highest BCUT2D eigenvalue weighted by Gasteiger charge is 2.31. The van der Waals surface area contributed by atoms with Gasteiger partial charge in [-0.25, -0.2) is 0 Å². The smallest absolute Gasteiger partial charge is 0.294 e. The second kappa shape index (κ2) is 40.8. The van der Waals surface area contributed by atoms with Crippen LogP contribution in [0.1, 0.15) is 78.9 Å². The minimum absolute atomic E-state index is 0. The number of carbonyl (C=O) groups is 3. The maximum Gasteiger partial charge on any atom is 0.294 e. The Morgan fingerprint density at radius 1 is 0.687 bits per heavy atom. The number of phosphoric ester groups is 1. The molecule has 5 aromatic rings. The maximum atomic E-state index is 12.9. The number of rotatable bonds is 27. The molecule has 4 aromatic carbocycles. The molecule has 0 fully saturated rings. The van der Waals surface area contributed by atoms with Gasteiger partial charge in [-0.05, 0) is 91.1 Å². The fourth-order valence-corrected chi connectivity index (χ4v) is 9.72. The van der Waals surface area contributed by atoms with Crippen molar-refractivity contribution in [2.24, 2.45) is 0 Å². The first-order valence-corrected chi connectivity index (χ1v) is 32.8. The summed E-state index contributed by atoms with van der Waals surface area (Å²) in [4.78, 5) is 49.3. The lowest BCUT2D eigenvalue weighted by atomic mass is 9.82. The van der Waals surface area contributed by atoms with Gasteiger partial charge < -0.3 is 89.6 Å². The quantitative estimate of drug-likeness (QED) is 0.00543. The number of anilines is 2. The van der Waals surface area contributed by atoms with Gasteiger partial charge >= 0.3 is 0 Å². The lowest BCUT2D eigenvalue weighted by Crippen LogP contribution is -2.42. The Bertz CT molecular complexity index is 3760. The van der Waals surface area contributed by atoms with Gasteiger partial charge in [0.1, 0.15) is 47.9 Å². The predicted molar refractivity (Wildman–Crippen MR) is 374 cm³/mol. The van der Waals surface area contributed by atoms with Crippen molar-refractivity contribution >= 4 is 80.9 Å². The first-order chi connectivity index (χ1) is 46.0. The number of carbonyl (C=O) groups excluding carboxylic acids is 3. The molecule has 0 saturated heterocycles. The number of likely N-dealkylation sites (N-methyl/N-ethyl adjacent to an activating group) is 1. The van der Waals surface area contributed by atoms with Crippen LogP contribution in [0.25, 0.3) is 16.7 Å². The summed E-state index contributed by atoms with van der Waals surface area (Å²) < 4.78 is 83.1. The van der Waals surface area contributed by atoms with E-state index >= 15 is 0 Å². The van der Waals surface area contributed by atoms with Crippen LogP contribution in [0.3, 0.4) is 0 Å². The molecule has 2 aliphatic rings. The third kappa shape index (κ3) is 28.4. The molecule has 99 heavy (non-hydrogen) atoms. The number of phosphoric acid groups is 1. The summed E-state index contributed by atoms with van der Waals surface area (Å²) in [6.07, 6.45) is 12.2. The average Bonchev–Trinajstić information content (AvgIpc) is 1.75. The minimum Gasteiger partial charge on any atom is -0.756 e. The number of fused-ring (bicyclic) bond motifs is 1. The Hall–Kier alpha value is -8.93. The van der Waals surface area contributed by atoms with Crippen LogP contribution in [-0.2, 0) is 75.3 Å². The van der Waals surface area contributed by atoms with E-state index in [4.69, 9.17) is 75.1 Å². The molecular formula is C65H94N13O19PS. The topological polar surface area (TPSA) is 494 Å². The minimum atomic E-state index is -4.56. The second-order valence-corrected chi connectivity index (χ2v) is 25.5. The van der Waals surface area contributed by atoms with Crippen molar-refractivity contribution in [3.8, 4) is 22.9 Å². The van der Waals surface area contributed by atoms with Crippen molar-refractivity contribution in [3.63, 3.8) is 0 Å². The van der Waals surface area contributed by atoms with Gasteiger partial charge in [-0.2, -0.15) is 8.42 Å². The highest BCUT2D eigenvalue weighted by molar-refractivity contribution is 7.85. The van der Waals surface area contributed by atoms with Crippen LogP contribution >= 0.6 is 7.82 Å². The number of nitrogens with zero attached hydrogens (tertiary/aromatic N) is 4. The molecule has 0 radical (unpaired) electrons. The Morgan fingerprint density at radius 2 is 1.15 bits per heavy atom. The number of nitrogen functional groups attached to an aromatic ring is 2. The van der Waals surface area contributed by atoms with Crippen molar-refractivity contribution in [1.29, 1.82) is 21.6 Å². The number of aromatic nitrogens is 3. The van der Waals surface area contributed by atoms with Gasteiger partial charge in [0, 0.05) is 65.8 Å². The first kappa shape index (κ1) is 86.2. The number of nitrogens with two attached hydrogens (primary N) is 2. The third-order valence-electron chi connectivity index (χ3n) is 13.9. The number of quaternary nitrogens is 1. The predicted octanol–water partition coefficient (Wildman–Crippen LogP) is 6.02. The summed E-state index contributed by atoms with van der Waals surface area (Å²) in [5.74, 6) is -1.89. The van der Waals surface area contributed by atoms with Crippen LogP contribution in [0.5, 0.6) is 17.2 Å². The Kier molecular flexibility index (Phi) is 35.5. The van der Waals surface area contributed by atoms with Gasteiger partial charge in [-0.1, -0.05) is 70.7 Å². The van der Waals surface area contributed by atoms with Crippen molar-refractivity contribution in [2.75, 3.05) is 108 Å². The summed E-state index contributed by atoms with van der Waals surface area (Å²) in [6.45, 7) is 8.51. The van der Waals surface area contributed by atoms with Gasteiger partial charge in [0.05, 0.1) is 85.0 Å². The Balaban J connectivity index is 0.000000496. The number of hydrogen-bond donors (Lipinski definition) is 13. The molecule has 0 spiro atoms. The molecule has 1 aromatic heterocycles. The third-order valence-corrected chi connectivity index (χ3v) is 15.8. The van der Waals surface area contributed by atoms with Gasteiger partial charge in [-0.15, -0.1) is 15.0 Å². The lowest BCUT2D eigenvalue weighted by Gasteiger charge is -2.33. The monoisotopic (exact) mass is 1420 g/mol. The van der Waals surface area contributed by atoms with E-state index in [2.05, 4.69) is 26.1 Å². The second-order valence-electron chi connectivity index (χ2n) is 22.7. The number of methoxy groups -OCH3 is 6. The summed E-state index contributed by atoms with van der Waals surface area (Å²) in [5, 5.41) is 76.1. The molecule has 32 nitrogen and oxygen atoms in total. The number of nitrogens with one attached hydrogen (secondary N) is 7. The number of hydrogen-bond acceptors (Lipinski definition) is 26. The number of phenols is 3. The molecule has 3 amide bonds. The largest absolute Gasteiger partial charge is 0.756 e. The van der Waals surface area contributed by atoms with E-state index in [1.54, 1.807) is 55.5 Å². The van der Waals surface area contributed by atoms with Crippen LogP contribution in [0.15, 0.2) is 114 Å². The number of allylic oxidation sites excluding steroid dienone is 8. The zero-order valence-corrected chi connectivity index (χ0v) is 58.4. The molecule has 0 aliphatic heterocycles. The fourth-order valence-electron chi connectivity index (χ4n) is 8.49. The lowest BCUT2D eigenvalue weighted by molar-refractivity contribution is -0.903. The van der Waals surface area contributed by atoms with E-state index in [0.717, 1.165) is 23.3 Å². The van der Waals surface area contributed by atoms with E-state index in [1.807, 2.05) is 65.2 Å². The van der Waals surface area contributed by atoms with Crippen LogP contribution in [0.4, 0.5) is 11.4 Å². The normalized spacial score (nSPS) is 13.3. The summed E-state index contributed by atoms with van der Waals surface area (Å²) in [5.41, 5.74) is 15.4. The molecule has 1 unspecified atom stereocenters. The summed E-state index contributed by atoms with van der Waals surface area (Å²) in [7, 11) is 3.61. The zero-order valence-electron chi connectivity index (χ0n) is 56.7. The zero-order chi connectivity index (χ0) is 73.7. The SMILES string of the molecule is C.CCOP(=O)([O-])OCC[N+](C)(C)Cc1c(CCC(=O)NCC(OC)OC)cc(C(C)(C)C)c(O)c1-n1nc2ccccc2n1.COC(CNC(=O)c1cc(S(=O)(=O)O)cc(N)c1O)OC.COC(CNC(=O)c1ccc(O)c(N)c1)OC.N=C1C=CC=CC1=N.N=C1C=CC=CC1=N. The molecule has 1 atom stereocenters. The number of aryl methyl sites for hydroxylation is 1. The van der Waals surface area contributed by atoms with Crippen LogP contribution in [0.2, 0.25) is 0 Å². The standard InChI is InChI=1S/C30H46N5O8P.C11H16N2O7S.C11H16N2O4.2C6H6N2.CH4/c1-9-42-44(38,39)43-17-16-35(5,6)20-22-21(14-15-26(36)31-19-27(40-7)41-8)18-23(30(2,3)4)29(37)28(22)34-32-24-12-10-11-13-25(24)33-34;1-19-9(20-2)5-13-11(15)7-3-6(21(16,17)18)4-8(12)10(7)14;1-16-10(17-2)6-13-11(15)7-3-4-9(14)8(12)5-7;2*7-5-3-1-2-4-6(5)8;/h10-13,18,27H,9,14-17,19-20H2,1-8H3,(H2-,31,36,37,38,39);3-4,9,14H,5,12H2,1-2H3,(H,13,15)(H,16,17,18);3-5,10,14H,6,12H2,1-2H3,(H,13,15);2*1-4,7-8H;1H4. The molecule has 15 N–H and O–H groups in total. The number of amides is 3. The van der Waals surface area contributed by atoms with E-state index in [0.29, 0.717) is 47.4 Å².